The van der Waals surface area contributed by atoms with Crippen LogP contribution >= 0.6 is 12.4 Å². The van der Waals surface area contributed by atoms with E-state index in [0.717, 1.165) is 18.9 Å². The van der Waals surface area contributed by atoms with Gasteiger partial charge in [0.15, 0.2) is 0 Å². The summed E-state index contributed by atoms with van der Waals surface area (Å²) in [6, 6.07) is 0. The summed E-state index contributed by atoms with van der Waals surface area (Å²) in [5.74, 6) is 0.716. The molecule has 1 saturated carbocycles. The van der Waals surface area contributed by atoms with Crippen molar-refractivity contribution in [3.63, 3.8) is 0 Å². The van der Waals surface area contributed by atoms with Crippen molar-refractivity contribution in [2.45, 2.75) is 44.6 Å². The molecule has 0 spiro atoms. The molecule has 5 heteroatoms. The first kappa shape index (κ1) is 16.7. The minimum absolute atomic E-state index is 0. The van der Waals surface area contributed by atoms with Gasteiger partial charge in [-0.1, -0.05) is 32.1 Å². The lowest BCUT2D eigenvalue weighted by Gasteiger charge is -2.22. The molecule has 0 saturated heterocycles. The van der Waals surface area contributed by atoms with Crippen LogP contribution in [0.15, 0.2) is 0 Å². The Balaban J connectivity index is 0.00000256. The van der Waals surface area contributed by atoms with Crippen molar-refractivity contribution in [2.24, 2.45) is 11.7 Å². The molecule has 1 fully saturated rings. The Kier molecular flexibility index (Phi) is 9.50. The molecule has 1 rings (SSSR count). The molecule has 1 aliphatic carbocycles. The SMILES string of the molecule is COC(CN)C(=O)NCCC1CCCCC1.Cl. The second-order valence-electron chi connectivity index (χ2n) is 4.54. The Hall–Kier alpha value is -0.320. The van der Waals surface area contributed by atoms with Crippen LogP contribution in [-0.4, -0.2) is 32.2 Å². The van der Waals surface area contributed by atoms with Crippen molar-refractivity contribution in [1.82, 2.24) is 5.32 Å². The number of carbonyl (C=O) groups excluding carboxylic acids is 1. The van der Waals surface area contributed by atoms with Crippen LogP contribution < -0.4 is 11.1 Å². The Morgan fingerprint density at radius 3 is 2.59 bits per heavy atom. The van der Waals surface area contributed by atoms with E-state index in [1.54, 1.807) is 0 Å². The number of rotatable bonds is 6. The third-order valence-electron chi connectivity index (χ3n) is 3.37. The fourth-order valence-electron chi connectivity index (χ4n) is 2.30. The number of hydrogen-bond acceptors (Lipinski definition) is 3. The fraction of sp³-hybridized carbons (Fsp3) is 0.917. The summed E-state index contributed by atoms with van der Waals surface area (Å²) in [7, 11) is 1.51. The molecule has 0 aromatic carbocycles. The molecule has 4 nitrogen and oxygen atoms in total. The summed E-state index contributed by atoms with van der Waals surface area (Å²) in [4.78, 5) is 11.5. The average Bonchev–Trinajstić information content (AvgIpc) is 2.32. The highest BCUT2D eigenvalue weighted by Crippen LogP contribution is 2.25. The quantitative estimate of drug-likeness (QED) is 0.764. The first-order valence-electron chi connectivity index (χ1n) is 6.28. The maximum Gasteiger partial charge on any atom is 0.250 e. The highest BCUT2D eigenvalue weighted by Gasteiger charge is 2.17. The molecule has 3 N–H and O–H groups in total. The van der Waals surface area contributed by atoms with Crippen LogP contribution in [0.2, 0.25) is 0 Å². The molecule has 0 aliphatic heterocycles. The van der Waals surface area contributed by atoms with Crippen molar-refractivity contribution in [2.75, 3.05) is 20.2 Å². The van der Waals surface area contributed by atoms with Gasteiger partial charge in [-0.25, -0.2) is 0 Å². The maximum absolute atomic E-state index is 11.5. The van der Waals surface area contributed by atoms with Gasteiger partial charge in [-0.2, -0.15) is 0 Å². The zero-order valence-corrected chi connectivity index (χ0v) is 11.4. The smallest absolute Gasteiger partial charge is 0.250 e. The van der Waals surface area contributed by atoms with E-state index in [4.69, 9.17) is 10.5 Å². The minimum Gasteiger partial charge on any atom is -0.370 e. The Morgan fingerprint density at radius 1 is 1.41 bits per heavy atom. The Labute approximate surface area is 110 Å². The molecule has 0 aromatic heterocycles. The van der Waals surface area contributed by atoms with Gasteiger partial charge in [0, 0.05) is 20.2 Å². The number of halogens is 1. The molecular weight excluding hydrogens is 240 g/mol. The van der Waals surface area contributed by atoms with Crippen LogP contribution in [0, 0.1) is 5.92 Å². The molecule has 1 amide bonds. The minimum atomic E-state index is -0.494. The monoisotopic (exact) mass is 264 g/mol. The number of nitrogens with two attached hydrogens (primary N) is 1. The summed E-state index contributed by atoms with van der Waals surface area (Å²) in [5.41, 5.74) is 5.41. The van der Waals surface area contributed by atoms with E-state index < -0.39 is 6.10 Å². The molecule has 0 heterocycles. The Morgan fingerprint density at radius 2 is 2.06 bits per heavy atom. The van der Waals surface area contributed by atoms with Crippen molar-refractivity contribution in [3.8, 4) is 0 Å². The van der Waals surface area contributed by atoms with Crippen molar-refractivity contribution >= 4 is 18.3 Å². The summed E-state index contributed by atoms with van der Waals surface area (Å²) in [5, 5.41) is 2.89. The number of carbonyl (C=O) groups is 1. The normalized spacial score (nSPS) is 18.2. The predicted octanol–water partition coefficient (Wildman–Crippen LogP) is 1.47. The fourth-order valence-corrected chi connectivity index (χ4v) is 2.30. The Bertz CT molecular complexity index is 205. The van der Waals surface area contributed by atoms with Gasteiger partial charge in [-0.05, 0) is 12.3 Å². The first-order chi connectivity index (χ1) is 7.77. The number of methoxy groups -OCH3 is 1. The van der Waals surface area contributed by atoms with Crippen LogP contribution in [0.1, 0.15) is 38.5 Å². The highest BCUT2D eigenvalue weighted by atomic mass is 35.5. The third-order valence-corrected chi connectivity index (χ3v) is 3.37. The van der Waals surface area contributed by atoms with Crippen LogP contribution in [0.25, 0.3) is 0 Å². The summed E-state index contributed by atoms with van der Waals surface area (Å²) >= 11 is 0. The van der Waals surface area contributed by atoms with Gasteiger partial charge >= 0.3 is 0 Å². The summed E-state index contributed by atoms with van der Waals surface area (Å²) in [6.45, 7) is 0.995. The van der Waals surface area contributed by atoms with E-state index >= 15 is 0 Å². The second-order valence-corrected chi connectivity index (χ2v) is 4.54. The van der Waals surface area contributed by atoms with Crippen molar-refractivity contribution in [1.29, 1.82) is 0 Å². The highest BCUT2D eigenvalue weighted by molar-refractivity contribution is 5.85. The van der Waals surface area contributed by atoms with Gasteiger partial charge in [0.25, 0.3) is 0 Å². The van der Waals surface area contributed by atoms with Crippen LogP contribution in [0.3, 0.4) is 0 Å². The number of nitrogens with one attached hydrogen (secondary N) is 1. The summed E-state index contributed by atoms with van der Waals surface area (Å²) in [6.07, 6.45) is 7.31. The van der Waals surface area contributed by atoms with Crippen molar-refractivity contribution in [3.05, 3.63) is 0 Å². The largest absolute Gasteiger partial charge is 0.370 e. The molecule has 102 valence electrons. The predicted molar refractivity (Wildman–Crippen MR) is 71.3 cm³/mol. The standard InChI is InChI=1S/C12H24N2O2.ClH/c1-16-11(9-13)12(15)14-8-7-10-5-3-2-4-6-10;/h10-11H,2-9,13H2,1H3,(H,14,15);1H. The van der Waals surface area contributed by atoms with E-state index in [-0.39, 0.29) is 24.9 Å². The average molecular weight is 265 g/mol. The lowest BCUT2D eigenvalue weighted by atomic mass is 9.87. The lowest BCUT2D eigenvalue weighted by Crippen LogP contribution is -2.41. The molecule has 1 atom stereocenters. The van der Waals surface area contributed by atoms with E-state index in [0.29, 0.717) is 0 Å². The van der Waals surface area contributed by atoms with Gasteiger partial charge in [0.1, 0.15) is 6.10 Å². The van der Waals surface area contributed by atoms with Gasteiger partial charge in [0.2, 0.25) is 5.91 Å². The number of hydrogen-bond donors (Lipinski definition) is 2. The molecule has 0 radical (unpaired) electrons. The number of amides is 1. The lowest BCUT2D eigenvalue weighted by molar-refractivity contribution is -0.130. The molecule has 1 aliphatic rings. The summed E-state index contributed by atoms with van der Waals surface area (Å²) < 4.78 is 4.97. The topological polar surface area (TPSA) is 64.3 Å². The zero-order valence-electron chi connectivity index (χ0n) is 10.6. The zero-order chi connectivity index (χ0) is 11.8. The van der Waals surface area contributed by atoms with E-state index in [9.17, 15) is 4.79 Å². The molecule has 0 bridgehead atoms. The van der Waals surface area contributed by atoms with Gasteiger partial charge < -0.3 is 15.8 Å². The first-order valence-corrected chi connectivity index (χ1v) is 6.28. The number of ether oxygens (including phenoxy) is 1. The third kappa shape index (κ3) is 6.24. The van der Waals surface area contributed by atoms with Crippen LogP contribution in [0.5, 0.6) is 0 Å². The van der Waals surface area contributed by atoms with Crippen molar-refractivity contribution < 1.29 is 9.53 Å². The van der Waals surface area contributed by atoms with E-state index in [2.05, 4.69) is 5.32 Å². The van der Waals surface area contributed by atoms with Crippen LogP contribution in [-0.2, 0) is 9.53 Å². The van der Waals surface area contributed by atoms with Gasteiger partial charge in [0.05, 0.1) is 0 Å². The molecule has 0 aromatic rings. The maximum atomic E-state index is 11.5. The molecular formula is C12H25ClN2O2. The van der Waals surface area contributed by atoms with Gasteiger partial charge in [-0.3, -0.25) is 4.79 Å². The van der Waals surface area contributed by atoms with E-state index in [1.807, 2.05) is 0 Å². The molecule has 1 unspecified atom stereocenters. The van der Waals surface area contributed by atoms with Crippen LogP contribution in [0.4, 0.5) is 0 Å². The van der Waals surface area contributed by atoms with Gasteiger partial charge in [-0.15, -0.1) is 12.4 Å². The second kappa shape index (κ2) is 9.68. The van der Waals surface area contributed by atoms with E-state index in [1.165, 1.54) is 39.2 Å². The molecule has 17 heavy (non-hydrogen) atoms.